The molecule has 0 aromatic heterocycles. The maximum absolute atomic E-state index is 13.2. The van der Waals surface area contributed by atoms with Crippen LogP contribution in [0.2, 0.25) is 0 Å². The fourth-order valence-corrected chi connectivity index (χ4v) is 1.35. The second-order valence-corrected chi connectivity index (χ2v) is 4.41. The van der Waals surface area contributed by atoms with Gasteiger partial charge in [0.2, 0.25) is 0 Å². The van der Waals surface area contributed by atoms with Crippen LogP contribution in [0.15, 0.2) is 0 Å². The van der Waals surface area contributed by atoms with Crippen LogP contribution in [0.1, 0.15) is 27.2 Å². The molecule has 0 bridgehead atoms. The van der Waals surface area contributed by atoms with Crippen molar-refractivity contribution in [3.05, 3.63) is 0 Å². The second-order valence-electron chi connectivity index (χ2n) is 4.41. The Morgan fingerprint density at radius 1 is 1.62 bits per heavy atom. The summed E-state index contributed by atoms with van der Waals surface area (Å²) < 4.78 is 13.2. The molecule has 3 nitrogen and oxygen atoms in total. The highest BCUT2D eigenvalue weighted by Gasteiger charge is 2.35. The van der Waals surface area contributed by atoms with Crippen LogP contribution in [0.4, 0.5) is 4.39 Å². The fraction of sp³-hybridized carbons (Fsp3) is 0.889. The van der Waals surface area contributed by atoms with Gasteiger partial charge in [0.1, 0.15) is 0 Å². The van der Waals surface area contributed by atoms with Crippen LogP contribution in [0.5, 0.6) is 0 Å². The number of carbonyl (C=O) groups is 1. The molecule has 0 radical (unpaired) electrons. The lowest BCUT2D eigenvalue weighted by molar-refractivity contribution is -0.132. The van der Waals surface area contributed by atoms with Crippen molar-refractivity contribution in [2.24, 2.45) is 0 Å². The Kier molecular flexibility index (Phi) is 2.61. The zero-order valence-electron chi connectivity index (χ0n) is 8.41. The second kappa shape index (κ2) is 3.25. The third-order valence-corrected chi connectivity index (χ3v) is 2.32. The molecule has 1 aliphatic rings. The van der Waals surface area contributed by atoms with Gasteiger partial charge in [-0.05, 0) is 33.7 Å². The van der Waals surface area contributed by atoms with Crippen molar-refractivity contribution >= 4 is 5.91 Å². The van der Waals surface area contributed by atoms with Gasteiger partial charge in [-0.15, -0.1) is 0 Å². The first-order chi connectivity index (χ1) is 5.83. The van der Waals surface area contributed by atoms with Gasteiger partial charge in [0.25, 0.3) is 5.91 Å². The van der Waals surface area contributed by atoms with E-state index in [-0.39, 0.29) is 5.54 Å². The van der Waals surface area contributed by atoms with Crippen molar-refractivity contribution < 1.29 is 9.18 Å². The van der Waals surface area contributed by atoms with Gasteiger partial charge in [0.05, 0.1) is 5.54 Å². The minimum Gasteiger partial charge on any atom is -0.347 e. The fourth-order valence-electron chi connectivity index (χ4n) is 1.35. The standard InChI is InChI=1S/C9H17FN2O/c1-8(2,10)7(13)12-9(3)4-5-11-6-9/h11H,4-6H2,1-3H3,(H,12,13). The van der Waals surface area contributed by atoms with Gasteiger partial charge in [-0.3, -0.25) is 4.79 Å². The minimum atomic E-state index is -1.79. The summed E-state index contributed by atoms with van der Waals surface area (Å²) in [6.07, 6.45) is 0.856. The Labute approximate surface area is 78.1 Å². The average Bonchev–Trinajstić information content (AvgIpc) is 2.33. The van der Waals surface area contributed by atoms with E-state index in [0.717, 1.165) is 19.5 Å². The zero-order chi connectivity index (χ0) is 10.1. The summed E-state index contributed by atoms with van der Waals surface area (Å²) in [6.45, 7) is 6.07. The van der Waals surface area contributed by atoms with E-state index in [0.29, 0.717) is 0 Å². The van der Waals surface area contributed by atoms with Crippen molar-refractivity contribution in [1.29, 1.82) is 0 Å². The molecular weight excluding hydrogens is 171 g/mol. The van der Waals surface area contributed by atoms with Gasteiger partial charge in [0, 0.05) is 6.54 Å². The molecule has 1 fully saturated rings. The van der Waals surface area contributed by atoms with Crippen molar-refractivity contribution in [3.63, 3.8) is 0 Å². The van der Waals surface area contributed by atoms with Crippen LogP contribution < -0.4 is 10.6 Å². The first-order valence-corrected chi connectivity index (χ1v) is 4.56. The third-order valence-electron chi connectivity index (χ3n) is 2.32. The number of hydrogen-bond donors (Lipinski definition) is 2. The predicted octanol–water partition coefficient (Wildman–Crippen LogP) is 0.603. The van der Waals surface area contributed by atoms with E-state index in [1.54, 1.807) is 0 Å². The van der Waals surface area contributed by atoms with E-state index in [9.17, 15) is 9.18 Å². The average molecular weight is 188 g/mol. The number of alkyl halides is 1. The van der Waals surface area contributed by atoms with E-state index < -0.39 is 11.6 Å². The molecule has 1 atom stereocenters. The molecule has 0 spiro atoms. The smallest absolute Gasteiger partial charge is 0.257 e. The molecule has 0 aliphatic carbocycles. The molecule has 0 aromatic rings. The van der Waals surface area contributed by atoms with Gasteiger partial charge in [-0.2, -0.15) is 0 Å². The Hall–Kier alpha value is -0.640. The maximum atomic E-state index is 13.2. The number of rotatable bonds is 2. The highest BCUT2D eigenvalue weighted by molar-refractivity contribution is 5.84. The zero-order valence-corrected chi connectivity index (χ0v) is 8.41. The van der Waals surface area contributed by atoms with E-state index in [4.69, 9.17) is 0 Å². The van der Waals surface area contributed by atoms with Gasteiger partial charge in [0.15, 0.2) is 5.67 Å². The van der Waals surface area contributed by atoms with Crippen molar-refractivity contribution in [2.45, 2.75) is 38.4 Å². The van der Waals surface area contributed by atoms with Crippen LogP contribution in [0.25, 0.3) is 0 Å². The Morgan fingerprint density at radius 3 is 2.62 bits per heavy atom. The molecule has 1 rings (SSSR count). The lowest BCUT2D eigenvalue weighted by atomic mass is 10.00. The lowest BCUT2D eigenvalue weighted by Crippen LogP contribution is -2.52. The van der Waals surface area contributed by atoms with Crippen molar-refractivity contribution in [3.8, 4) is 0 Å². The molecule has 2 N–H and O–H groups in total. The van der Waals surface area contributed by atoms with Gasteiger partial charge in [-0.1, -0.05) is 0 Å². The summed E-state index contributed by atoms with van der Waals surface area (Å²) in [7, 11) is 0. The highest BCUT2D eigenvalue weighted by Crippen LogP contribution is 2.16. The van der Waals surface area contributed by atoms with Gasteiger partial charge in [-0.25, -0.2) is 4.39 Å². The number of hydrogen-bond acceptors (Lipinski definition) is 2. The molecule has 1 aliphatic heterocycles. The Morgan fingerprint density at radius 2 is 2.23 bits per heavy atom. The quantitative estimate of drug-likeness (QED) is 0.666. The topological polar surface area (TPSA) is 41.1 Å². The Balaban J connectivity index is 2.53. The third kappa shape index (κ3) is 2.66. The molecule has 1 heterocycles. The SMILES string of the molecule is CC1(NC(=O)C(C)(C)F)CCNC1. The molecule has 1 amide bonds. The summed E-state index contributed by atoms with van der Waals surface area (Å²) in [4.78, 5) is 11.3. The van der Waals surface area contributed by atoms with Crippen LogP contribution in [-0.2, 0) is 4.79 Å². The summed E-state index contributed by atoms with van der Waals surface area (Å²) >= 11 is 0. The largest absolute Gasteiger partial charge is 0.347 e. The minimum absolute atomic E-state index is 0.277. The monoisotopic (exact) mass is 188 g/mol. The summed E-state index contributed by atoms with van der Waals surface area (Å²) in [5.41, 5.74) is -2.06. The van der Waals surface area contributed by atoms with E-state index in [1.165, 1.54) is 13.8 Å². The summed E-state index contributed by atoms with van der Waals surface area (Å²) in [5, 5.41) is 5.85. The lowest BCUT2D eigenvalue weighted by Gasteiger charge is -2.27. The molecule has 76 valence electrons. The molecule has 1 unspecified atom stereocenters. The normalized spacial score (nSPS) is 28.9. The van der Waals surface area contributed by atoms with Crippen molar-refractivity contribution in [2.75, 3.05) is 13.1 Å². The molecule has 1 saturated heterocycles. The first-order valence-electron chi connectivity index (χ1n) is 4.56. The predicted molar refractivity (Wildman–Crippen MR) is 49.2 cm³/mol. The molecule has 0 saturated carbocycles. The number of halogens is 1. The molecule has 13 heavy (non-hydrogen) atoms. The maximum Gasteiger partial charge on any atom is 0.257 e. The van der Waals surface area contributed by atoms with Crippen LogP contribution in [0, 0.1) is 0 Å². The Bertz CT molecular complexity index is 204. The van der Waals surface area contributed by atoms with E-state index in [1.807, 2.05) is 6.92 Å². The molecule has 0 aromatic carbocycles. The van der Waals surface area contributed by atoms with Crippen molar-refractivity contribution in [1.82, 2.24) is 10.6 Å². The summed E-state index contributed by atoms with van der Waals surface area (Å²) in [5.74, 6) is -0.529. The number of amides is 1. The van der Waals surface area contributed by atoms with E-state index >= 15 is 0 Å². The number of carbonyl (C=O) groups excluding carboxylic acids is 1. The van der Waals surface area contributed by atoms with E-state index in [2.05, 4.69) is 10.6 Å². The van der Waals surface area contributed by atoms with Crippen LogP contribution in [0.3, 0.4) is 0 Å². The number of nitrogens with one attached hydrogen (secondary N) is 2. The molecular formula is C9H17FN2O. The summed E-state index contributed by atoms with van der Waals surface area (Å²) in [6, 6.07) is 0. The molecule has 4 heteroatoms. The van der Waals surface area contributed by atoms with Crippen LogP contribution >= 0.6 is 0 Å². The van der Waals surface area contributed by atoms with Gasteiger partial charge >= 0.3 is 0 Å². The van der Waals surface area contributed by atoms with Crippen LogP contribution in [-0.4, -0.2) is 30.2 Å². The van der Waals surface area contributed by atoms with Gasteiger partial charge < -0.3 is 10.6 Å². The first kappa shape index (κ1) is 10.4. The highest BCUT2D eigenvalue weighted by atomic mass is 19.1.